The summed E-state index contributed by atoms with van der Waals surface area (Å²) >= 11 is 0. The van der Waals surface area contributed by atoms with Crippen LogP contribution in [0.5, 0.6) is 0 Å². The predicted octanol–water partition coefficient (Wildman–Crippen LogP) is 4.43. The summed E-state index contributed by atoms with van der Waals surface area (Å²) in [5, 5.41) is 9.44. The Bertz CT molecular complexity index is 489. The number of carbonyl (C=O) groups is 1. The third-order valence-corrected chi connectivity index (χ3v) is 8.17. The van der Waals surface area contributed by atoms with E-state index in [1.54, 1.807) is 6.08 Å². The first-order chi connectivity index (χ1) is 10.2. The van der Waals surface area contributed by atoms with E-state index in [0.717, 1.165) is 44.9 Å². The van der Waals surface area contributed by atoms with Crippen LogP contribution in [0.4, 0.5) is 0 Å². The minimum absolute atomic E-state index is 0.153. The molecule has 0 radical (unpaired) electrons. The summed E-state index contributed by atoms with van der Waals surface area (Å²) in [7, 11) is -3.49. The zero-order chi connectivity index (χ0) is 16.4. The molecule has 0 heterocycles. The van der Waals surface area contributed by atoms with Crippen LogP contribution in [0.25, 0.3) is 0 Å². The van der Waals surface area contributed by atoms with E-state index in [1.165, 1.54) is 6.42 Å². The second-order valence-electron chi connectivity index (χ2n) is 7.71. The first-order valence-corrected chi connectivity index (χ1v) is 10.4. The third-order valence-electron chi connectivity index (χ3n) is 5.45. The molecule has 2 N–H and O–H groups in total. The molecule has 2 aliphatic carbocycles. The zero-order valence-electron chi connectivity index (χ0n) is 13.8. The van der Waals surface area contributed by atoms with Crippen molar-refractivity contribution >= 4 is 13.3 Å². The standard InChI is InChI=1S/C17H29O4P/c1-17(2)10-6-9-15(17)22(20,21)12-14(16(18)19)11-13-7-4-3-5-8-13/h11,13,15H,3-10,12H2,1-2H3,(H,18,19)(H,20,21). The van der Waals surface area contributed by atoms with Gasteiger partial charge in [-0.25, -0.2) is 4.79 Å². The van der Waals surface area contributed by atoms with Crippen LogP contribution in [0.1, 0.15) is 65.2 Å². The molecule has 5 heteroatoms. The largest absolute Gasteiger partial charge is 0.478 e. The second kappa shape index (κ2) is 6.88. The van der Waals surface area contributed by atoms with Gasteiger partial charge in [-0.05, 0) is 37.0 Å². The maximum absolute atomic E-state index is 12.8. The maximum atomic E-state index is 12.8. The molecular formula is C17H29O4P. The topological polar surface area (TPSA) is 74.6 Å². The fraction of sp³-hybridized carbons (Fsp3) is 0.824. The van der Waals surface area contributed by atoms with Crippen molar-refractivity contribution in [3.05, 3.63) is 11.6 Å². The number of carboxylic acids is 1. The van der Waals surface area contributed by atoms with Crippen molar-refractivity contribution in [1.82, 2.24) is 0 Å². The highest BCUT2D eigenvalue weighted by Gasteiger charge is 2.46. The molecule has 2 fully saturated rings. The Morgan fingerprint density at radius 1 is 1.18 bits per heavy atom. The predicted molar refractivity (Wildman–Crippen MR) is 88.4 cm³/mol. The van der Waals surface area contributed by atoms with Gasteiger partial charge in [0, 0.05) is 11.2 Å². The molecule has 0 aromatic heterocycles. The lowest BCUT2D eigenvalue weighted by molar-refractivity contribution is -0.132. The molecular weight excluding hydrogens is 299 g/mol. The molecule has 2 aliphatic rings. The molecule has 0 aromatic rings. The molecule has 22 heavy (non-hydrogen) atoms. The fourth-order valence-corrected chi connectivity index (χ4v) is 6.94. The number of carboxylic acid groups (broad SMARTS) is 1. The Hall–Kier alpha value is -0.600. The lowest BCUT2D eigenvalue weighted by Gasteiger charge is -2.31. The van der Waals surface area contributed by atoms with Gasteiger partial charge in [-0.3, -0.25) is 4.57 Å². The Morgan fingerprint density at radius 2 is 1.82 bits per heavy atom. The quantitative estimate of drug-likeness (QED) is 0.578. The van der Waals surface area contributed by atoms with Crippen LogP contribution in [-0.2, 0) is 9.36 Å². The monoisotopic (exact) mass is 328 g/mol. The van der Waals surface area contributed by atoms with E-state index >= 15 is 0 Å². The van der Waals surface area contributed by atoms with Crippen LogP contribution in [0.2, 0.25) is 0 Å². The van der Waals surface area contributed by atoms with Gasteiger partial charge in [0.15, 0.2) is 0 Å². The summed E-state index contributed by atoms with van der Waals surface area (Å²) < 4.78 is 12.8. The normalized spacial score (nSPS) is 29.2. The SMILES string of the molecule is CC1(C)CCCC1P(=O)(O)CC(=CC1CCCCC1)C(=O)O. The zero-order valence-corrected chi connectivity index (χ0v) is 14.6. The Morgan fingerprint density at radius 3 is 2.32 bits per heavy atom. The van der Waals surface area contributed by atoms with Crippen molar-refractivity contribution in [3.8, 4) is 0 Å². The summed E-state index contributed by atoms with van der Waals surface area (Å²) in [5.74, 6) is -0.771. The van der Waals surface area contributed by atoms with E-state index in [0.29, 0.717) is 0 Å². The molecule has 0 aliphatic heterocycles. The third kappa shape index (κ3) is 4.23. The lowest BCUT2D eigenvalue weighted by Crippen LogP contribution is -2.25. The average molecular weight is 328 g/mol. The maximum Gasteiger partial charge on any atom is 0.331 e. The van der Waals surface area contributed by atoms with Gasteiger partial charge in [0.05, 0.1) is 6.16 Å². The van der Waals surface area contributed by atoms with Crippen LogP contribution < -0.4 is 0 Å². The molecule has 4 nitrogen and oxygen atoms in total. The van der Waals surface area contributed by atoms with Crippen molar-refractivity contribution in [1.29, 1.82) is 0 Å². The van der Waals surface area contributed by atoms with Crippen LogP contribution in [0.3, 0.4) is 0 Å². The van der Waals surface area contributed by atoms with E-state index < -0.39 is 13.3 Å². The van der Waals surface area contributed by atoms with Crippen molar-refractivity contribution in [2.75, 3.05) is 6.16 Å². The minimum Gasteiger partial charge on any atom is -0.478 e. The van der Waals surface area contributed by atoms with E-state index in [9.17, 15) is 19.4 Å². The Kier molecular flexibility index (Phi) is 5.55. The molecule has 2 rings (SSSR count). The number of allylic oxidation sites excluding steroid dienone is 1. The fourth-order valence-electron chi connectivity index (χ4n) is 4.19. The first kappa shape index (κ1) is 17.7. The van der Waals surface area contributed by atoms with Crippen molar-refractivity contribution < 1.29 is 19.4 Å². The van der Waals surface area contributed by atoms with Gasteiger partial charge in [-0.2, -0.15) is 0 Å². The number of hydrogen-bond acceptors (Lipinski definition) is 2. The van der Waals surface area contributed by atoms with Gasteiger partial charge >= 0.3 is 5.97 Å². The van der Waals surface area contributed by atoms with Gasteiger partial charge in [0.25, 0.3) is 0 Å². The van der Waals surface area contributed by atoms with Gasteiger partial charge in [-0.1, -0.05) is 45.6 Å². The highest BCUT2D eigenvalue weighted by atomic mass is 31.2. The van der Waals surface area contributed by atoms with E-state index in [2.05, 4.69) is 0 Å². The van der Waals surface area contributed by atoms with E-state index in [-0.39, 0.29) is 28.7 Å². The summed E-state index contributed by atoms with van der Waals surface area (Å²) in [4.78, 5) is 22.1. The van der Waals surface area contributed by atoms with Crippen LogP contribution in [-0.4, -0.2) is 27.8 Å². The van der Waals surface area contributed by atoms with Gasteiger partial charge in [0.1, 0.15) is 0 Å². The molecule has 2 unspecified atom stereocenters. The summed E-state index contributed by atoms with van der Waals surface area (Å²) in [6.45, 7) is 4.05. The molecule has 126 valence electrons. The van der Waals surface area contributed by atoms with Crippen LogP contribution in [0, 0.1) is 11.3 Å². The molecule has 0 aromatic carbocycles. The molecule has 0 amide bonds. The lowest BCUT2D eigenvalue weighted by atomic mass is 9.88. The van der Waals surface area contributed by atoms with Crippen molar-refractivity contribution in [2.45, 2.75) is 70.9 Å². The average Bonchev–Trinajstić information content (AvgIpc) is 2.79. The smallest absolute Gasteiger partial charge is 0.331 e. The van der Waals surface area contributed by atoms with E-state index in [4.69, 9.17) is 0 Å². The van der Waals surface area contributed by atoms with Crippen molar-refractivity contribution in [2.24, 2.45) is 11.3 Å². The molecule has 2 atom stereocenters. The molecule has 0 bridgehead atoms. The number of hydrogen-bond donors (Lipinski definition) is 2. The summed E-state index contributed by atoms with van der Waals surface area (Å²) in [6, 6.07) is 0. The highest BCUT2D eigenvalue weighted by molar-refractivity contribution is 7.59. The molecule has 2 saturated carbocycles. The van der Waals surface area contributed by atoms with Crippen molar-refractivity contribution in [3.63, 3.8) is 0 Å². The second-order valence-corrected chi connectivity index (χ2v) is 10.2. The highest BCUT2D eigenvalue weighted by Crippen LogP contribution is 2.60. The number of aliphatic carboxylic acids is 1. The minimum atomic E-state index is -3.49. The van der Waals surface area contributed by atoms with Gasteiger partial charge in [0.2, 0.25) is 7.37 Å². The Labute approximate surface area is 133 Å². The Balaban J connectivity index is 2.14. The van der Waals surface area contributed by atoms with E-state index in [1.807, 2.05) is 13.8 Å². The molecule has 0 spiro atoms. The summed E-state index contributed by atoms with van der Waals surface area (Å²) in [6.07, 6.45) is 9.69. The molecule has 0 saturated heterocycles. The summed E-state index contributed by atoms with van der Waals surface area (Å²) in [5.41, 5.74) is -0.284. The van der Waals surface area contributed by atoms with Gasteiger partial charge < -0.3 is 10.00 Å². The van der Waals surface area contributed by atoms with Gasteiger partial charge in [-0.15, -0.1) is 0 Å². The number of rotatable bonds is 5. The van der Waals surface area contributed by atoms with Crippen LogP contribution in [0.15, 0.2) is 11.6 Å². The van der Waals surface area contributed by atoms with Crippen LogP contribution >= 0.6 is 7.37 Å². The first-order valence-electron chi connectivity index (χ1n) is 8.48.